The largest absolute Gasteiger partial charge is 0.465 e. The summed E-state index contributed by atoms with van der Waals surface area (Å²) in [7, 11) is 0. The number of aryl methyl sites for hydroxylation is 1. The fraction of sp³-hybridized carbons (Fsp3) is 0.381. The summed E-state index contributed by atoms with van der Waals surface area (Å²) in [6.07, 6.45) is 3.62. The van der Waals surface area contributed by atoms with Crippen LogP contribution >= 0.6 is 11.3 Å². The van der Waals surface area contributed by atoms with Gasteiger partial charge in [0.05, 0.1) is 22.5 Å². The third kappa shape index (κ3) is 5.19. The van der Waals surface area contributed by atoms with E-state index in [0.29, 0.717) is 13.2 Å². The number of nitrogens with zero attached hydrogens (tertiary/aromatic N) is 2. The molecule has 0 saturated heterocycles. The van der Waals surface area contributed by atoms with Gasteiger partial charge in [-0.2, -0.15) is 0 Å². The van der Waals surface area contributed by atoms with Crippen molar-refractivity contribution in [3.8, 4) is 0 Å². The zero-order chi connectivity index (χ0) is 19.8. The molecule has 0 aliphatic rings. The summed E-state index contributed by atoms with van der Waals surface area (Å²) in [5, 5.41) is 4.85. The minimum Gasteiger partial charge on any atom is -0.465 e. The van der Waals surface area contributed by atoms with Crippen molar-refractivity contribution in [1.82, 2.24) is 14.9 Å². The van der Waals surface area contributed by atoms with Gasteiger partial charge in [-0.15, -0.1) is 11.3 Å². The van der Waals surface area contributed by atoms with Gasteiger partial charge in [-0.05, 0) is 43.3 Å². The molecule has 0 bridgehead atoms. The fourth-order valence-electron chi connectivity index (χ4n) is 3.11. The first-order valence-electron chi connectivity index (χ1n) is 9.60. The molecular weight excluding hydrogens is 374 g/mol. The van der Waals surface area contributed by atoms with Crippen LogP contribution in [-0.4, -0.2) is 34.6 Å². The van der Waals surface area contributed by atoms with E-state index in [4.69, 9.17) is 9.72 Å². The van der Waals surface area contributed by atoms with Crippen molar-refractivity contribution in [1.29, 1.82) is 0 Å². The topological polar surface area (TPSA) is 73.2 Å². The Morgan fingerprint density at radius 2 is 2.00 bits per heavy atom. The van der Waals surface area contributed by atoms with E-state index in [9.17, 15) is 9.59 Å². The first-order chi connectivity index (χ1) is 13.7. The number of fused-ring (bicyclic) bond motifs is 1. The zero-order valence-electron chi connectivity index (χ0n) is 16.0. The number of hydrogen-bond acceptors (Lipinski definition) is 5. The molecule has 2 aromatic heterocycles. The highest BCUT2D eigenvalue weighted by Gasteiger charge is 2.14. The number of imidazole rings is 1. The zero-order valence-corrected chi connectivity index (χ0v) is 16.8. The third-order valence-electron chi connectivity index (χ3n) is 4.43. The minimum atomic E-state index is -0.247. The Bertz CT molecular complexity index is 918. The first-order valence-corrected chi connectivity index (χ1v) is 10.5. The van der Waals surface area contributed by atoms with Crippen molar-refractivity contribution in [2.24, 2.45) is 0 Å². The highest BCUT2D eigenvalue weighted by atomic mass is 32.1. The molecule has 0 spiro atoms. The quantitative estimate of drug-likeness (QED) is 0.416. The number of ether oxygens (including phenoxy) is 1. The van der Waals surface area contributed by atoms with Crippen molar-refractivity contribution in [3.63, 3.8) is 0 Å². The third-order valence-corrected chi connectivity index (χ3v) is 5.30. The molecule has 0 aliphatic carbocycles. The van der Waals surface area contributed by atoms with Gasteiger partial charge in [-0.25, -0.2) is 4.98 Å². The van der Waals surface area contributed by atoms with Gasteiger partial charge in [-0.3, -0.25) is 9.59 Å². The number of thiophene rings is 1. The molecule has 148 valence electrons. The molecule has 1 aromatic carbocycles. The summed E-state index contributed by atoms with van der Waals surface area (Å²) >= 11 is 1.45. The molecule has 0 radical (unpaired) electrons. The number of para-hydroxylation sites is 2. The first kappa shape index (κ1) is 20.1. The number of carbonyl (C=O) groups excluding carboxylic acids is 2. The molecule has 6 nitrogen and oxygen atoms in total. The fourth-order valence-corrected chi connectivity index (χ4v) is 3.75. The smallest absolute Gasteiger partial charge is 0.326 e. The maximum Gasteiger partial charge on any atom is 0.326 e. The van der Waals surface area contributed by atoms with Crippen molar-refractivity contribution in [3.05, 3.63) is 52.5 Å². The summed E-state index contributed by atoms with van der Waals surface area (Å²) in [6.45, 7) is 3.02. The van der Waals surface area contributed by atoms with Gasteiger partial charge in [0.15, 0.2) is 0 Å². The van der Waals surface area contributed by atoms with Crippen LogP contribution in [0.4, 0.5) is 0 Å². The Morgan fingerprint density at radius 3 is 2.79 bits per heavy atom. The molecule has 3 rings (SSSR count). The summed E-state index contributed by atoms with van der Waals surface area (Å²) in [4.78, 5) is 29.3. The van der Waals surface area contributed by atoms with E-state index in [1.807, 2.05) is 53.3 Å². The van der Waals surface area contributed by atoms with Crippen LogP contribution in [0.1, 0.15) is 41.7 Å². The Labute approximate surface area is 168 Å². The van der Waals surface area contributed by atoms with Crippen LogP contribution in [0, 0.1) is 0 Å². The standard InChI is InChI=1S/C21H25N3O3S/c1-2-27-20(25)15-24-17-10-6-5-9-16(17)23-19(24)12-4-3-7-13-22-21(26)18-11-8-14-28-18/h5-6,8-11,14H,2-4,7,12-13,15H2,1H3,(H,22,26). The molecule has 28 heavy (non-hydrogen) atoms. The summed E-state index contributed by atoms with van der Waals surface area (Å²) in [5.74, 6) is 0.645. The van der Waals surface area contributed by atoms with E-state index >= 15 is 0 Å². The van der Waals surface area contributed by atoms with Crippen LogP contribution in [0.5, 0.6) is 0 Å². The molecule has 0 fully saturated rings. The predicted octanol–water partition coefficient (Wildman–Crippen LogP) is 3.80. The number of carbonyl (C=O) groups is 2. The second-order valence-corrected chi connectivity index (χ2v) is 7.40. The van der Waals surface area contributed by atoms with E-state index in [1.54, 1.807) is 0 Å². The number of esters is 1. The predicted molar refractivity (Wildman–Crippen MR) is 111 cm³/mol. The van der Waals surface area contributed by atoms with E-state index in [-0.39, 0.29) is 18.4 Å². The number of aromatic nitrogens is 2. The summed E-state index contributed by atoms with van der Waals surface area (Å²) in [5.41, 5.74) is 1.85. The van der Waals surface area contributed by atoms with Crippen LogP contribution in [0.3, 0.4) is 0 Å². The molecule has 0 unspecified atom stereocenters. The van der Waals surface area contributed by atoms with Crippen LogP contribution in [0.25, 0.3) is 11.0 Å². The lowest BCUT2D eigenvalue weighted by atomic mass is 10.2. The number of unbranched alkanes of at least 4 members (excludes halogenated alkanes) is 2. The SMILES string of the molecule is CCOC(=O)Cn1c(CCCCCNC(=O)c2cccs2)nc2ccccc21. The second kappa shape index (κ2) is 10.0. The molecule has 0 saturated carbocycles. The maximum atomic E-state index is 12.0. The van der Waals surface area contributed by atoms with Crippen LogP contribution in [0.2, 0.25) is 0 Å². The van der Waals surface area contributed by atoms with Gasteiger partial charge in [0, 0.05) is 13.0 Å². The molecule has 3 aromatic rings. The summed E-state index contributed by atoms with van der Waals surface area (Å²) < 4.78 is 7.05. The molecule has 1 amide bonds. The van der Waals surface area contributed by atoms with Gasteiger partial charge < -0.3 is 14.6 Å². The number of hydrogen-bond donors (Lipinski definition) is 1. The van der Waals surface area contributed by atoms with Crippen LogP contribution in [-0.2, 0) is 22.5 Å². The van der Waals surface area contributed by atoms with E-state index in [1.165, 1.54) is 11.3 Å². The minimum absolute atomic E-state index is 0.00812. The van der Waals surface area contributed by atoms with Crippen LogP contribution < -0.4 is 5.32 Å². The second-order valence-electron chi connectivity index (χ2n) is 6.45. The highest BCUT2D eigenvalue weighted by molar-refractivity contribution is 7.12. The van der Waals surface area contributed by atoms with Crippen molar-refractivity contribution < 1.29 is 14.3 Å². The van der Waals surface area contributed by atoms with Crippen LogP contribution in [0.15, 0.2) is 41.8 Å². The Kier molecular flexibility index (Phi) is 7.19. The van der Waals surface area contributed by atoms with Crippen molar-refractivity contribution in [2.75, 3.05) is 13.2 Å². The monoisotopic (exact) mass is 399 g/mol. The van der Waals surface area contributed by atoms with Gasteiger partial charge in [0.1, 0.15) is 12.4 Å². The lowest BCUT2D eigenvalue weighted by molar-refractivity contribution is -0.143. The average molecular weight is 400 g/mol. The van der Waals surface area contributed by atoms with Gasteiger partial charge in [0.25, 0.3) is 5.91 Å². The average Bonchev–Trinajstić information content (AvgIpc) is 3.34. The Balaban J connectivity index is 1.51. The van der Waals surface area contributed by atoms with E-state index in [2.05, 4.69) is 5.32 Å². The highest BCUT2D eigenvalue weighted by Crippen LogP contribution is 2.18. The number of nitrogens with one attached hydrogen (secondary N) is 1. The Hall–Kier alpha value is -2.67. The molecule has 0 aliphatic heterocycles. The van der Waals surface area contributed by atoms with Gasteiger partial charge >= 0.3 is 5.97 Å². The van der Waals surface area contributed by atoms with Crippen molar-refractivity contribution >= 4 is 34.2 Å². The lowest BCUT2D eigenvalue weighted by Gasteiger charge is -2.09. The molecular formula is C21H25N3O3S. The maximum absolute atomic E-state index is 12.0. The molecule has 2 heterocycles. The van der Waals surface area contributed by atoms with E-state index in [0.717, 1.165) is 47.4 Å². The number of benzene rings is 1. The van der Waals surface area contributed by atoms with E-state index < -0.39 is 0 Å². The molecule has 1 N–H and O–H groups in total. The van der Waals surface area contributed by atoms with Crippen molar-refractivity contribution in [2.45, 2.75) is 39.2 Å². The Morgan fingerprint density at radius 1 is 1.14 bits per heavy atom. The van der Waals surface area contributed by atoms with Gasteiger partial charge in [-0.1, -0.05) is 24.6 Å². The lowest BCUT2D eigenvalue weighted by Crippen LogP contribution is -2.23. The molecule has 0 atom stereocenters. The normalized spacial score (nSPS) is 10.9. The number of rotatable bonds is 10. The van der Waals surface area contributed by atoms with Gasteiger partial charge in [0.2, 0.25) is 0 Å². The number of amides is 1. The molecule has 7 heteroatoms. The summed E-state index contributed by atoms with van der Waals surface area (Å²) in [6, 6.07) is 11.5.